The second-order valence-corrected chi connectivity index (χ2v) is 1.39. The van der Waals surface area contributed by atoms with Crippen LogP contribution in [0.4, 0.5) is 0 Å². The van der Waals surface area contributed by atoms with Gasteiger partial charge in [0.25, 0.3) is 0 Å². The van der Waals surface area contributed by atoms with Gasteiger partial charge in [-0.2, -0.15) is 0 Å². The molecule has 0 amide bonds. The van der Waals surface area contributed by atoms with Gasteiger partial charge >= 0.3 is 80.7 Å². The van der Waals surface area contributed by atoms with Crippen LogP contribution in [0.15, 0.2) is 0 Å². The molecule has 0 saturated carbocycles. The van der Waals surface area contributed by atoms with E-state index in [-0.39, 0.29) is 95.2 Å². The van der Waals surface area contributed by atoms with Gasteiger partial charge in [0.2, 0.25) is 0 Å². The monoisotopic (exact) mass is 432 g/mol. The Morgan fingerprint density at radius 3 is 0.240 bits per heavy atom. The summed E-state index contributed by atoms with van der Waals surface area (Å²) >= 11 is 0. The van der Waals surface area contributed by atoms with Gasteiger partial charge in [0.05, 0.1) is 0 Å². The van der Waals surface area contributed by atoms with Crippen molar-refractivity contribution in [1.29, 1.82) is 0 Å². The molecule has 0 aromatic heterocycles. The molecule has 0 heterocycles. The summed E-state index contributed by atoms with van der Waals surface area (Å²) in [6.07, 6.45) is 0. The summed E-state index contributed by atoms with van der Waals surface area (Å²) < 4.78 is 0. The molecule has 0 radical (unpaired) electrons. The van der Waals surface area contributed by atoms with Crippen LogP contribution in [0.5, 0.6) is 0 Å². The summed E-state index contributed by atoms with van der Waals surface area (Å²) in [7, 11) is -8.67. The zero-order valence-corrected chi connectivity index (χ0v) is 11.7. The Hall–Kier alpha value is 1.10. The minimum atomic E-state index is -2.17. The first kappa shape index (κ1) is 95.8. The van der Waals surface area contributed by atoms with Gasteiger partial charge in [-0.25, -0.2) is 0 Å². The summed E-state index contributed by atoms with van der Waals surface area (Å²) in [5.74, 6) is 0. The Morgan fingerprint density at radius 1 is 0.240 bits per heavy atom. The zero-order valence-electron chi connectivity index (χ0n) is 11.7. The summed E-state index contributed by atoms with van der Waals surface area (Å²) in [6, 6.07) is 0. The maximum absolute atomic E-state index is 7.17. The standard InChI is InChI=1S/4BH3O3.K.8H2O.H/c4*2-1(3)4;;;;;;;;;;/h4*2-4H;;8*1H2;. The fraction of sp³-hybridized carbons (Fsp3) is 0. The molecule has 0 aliphatic heterocycles. The van der Waals surface area contributed by atoms with E-state index in [9.17, 15) is 0 Å². The molecule has 0 aliphatic carbocycles. The summed E-state index contributed by atoms with van der Waals surface area (Å²) in [5.41, 5.74) is 0. The van der Waals surface area contributed by atoms with Crippen molar-refractivity contribution in [3.05, 3.63) is 0 Å². The Bertz CT molecular complexity index is 64.7. The molecular formula is H29B4KO20. The van der Waals surface area contributed by atoms with Gasteiger partial charge in [-0.3, -0.25) is 0 Å². The van der Waals surface area contributed by atoms with Crippen LogP contribution in [0.2, 0.25) is 0 Å². The van der Waals surface area contributed by atoms with Gasteiger partial charge in [-0.05, 0) is 0 Å². The van der Waals surface area contributed by atoms with Gasteiger partial charge in [-0.1, -0.05) is 0 Å². The summed E-state index contributed by atoms with van der Waals surface area (Å²) in [6.45, 7) is 0. The van der Waals surface area contributed by atoms with E-state index in [2.05, 4.69) is 0 Å². The molecule has 28 N–H and O–H groups in total. The molecular weight excluding hydrogens is 402 g/mol. The van der Waals surface area contributed by atoms with Crippen molar-refractivity contribution in [2.75, 3.05) is 0 Å². The van der Waals surface area contributed by atoms with Crippen molar-refractivity contribution in [3.63, 3.8) is 0 Å². The molecule has 20 nitrogen and oxygen atoms in total. The normalized spacial score (nSPS) is 4.32. The van der Waals surface area contributed by atoms with Crippen LogP contribution in [-0.2, 0) is 0 Å². The van der Waals surface area contributed by atoms with Crippen LogP contribution in [0.1, 0.15) is 0 Å². The van der Waals surface area contributed by atoms with Gasteiger partial charge in [0, 0.05) is 0 Å². The van der Waals surface area contributed by atoms with Gasteiger partial charge < -0.3 is 104 Å². The number of hydrogen-bond acceptors (Lipinski definition) is 12. The molecule has 0 aliphatic rings. The van der Waals surface area contributed by atoms with Crippen molar-refractivity contribution >= 4 is 80.7 Å². The van der Waals surface area contributed by atoms with Crippen LogP contribution in [0.25, 0.3) is 0 Å². The van der Waals surface area contributed by atoms with E-state index in [1.165, 1.54) is 0 Å². The third-order valence-corrected chi connectivity index (χ3v) is 0. The summed E-state index contributed by atoms with van der Waals surface area (Å²) in [4.78, 5) is 0. The Labute approximate surface area is 183 Å². The van der Waals surface area contributed by atoms with Gasteiger partial charge in [-0.15, -0.1) is 0 Å². The SMILES string of the molecule is O.O.O.O.O.O.O.O.OB(O)O.OB(O)O.OB(O)O.OB(O)O.[KH]. The van der Waals surface area contributed by atoms with Crippen molar-refractivity contribution in [3.8, 4) is 0 Å². The van der Waals surface area contributed by atoms with Crippen molar-refractivity contribution in [2.24, 2.45) is 0 Å². The average Bonchev–Trinajstić information content (AvgIpc) is 1.76. The van der Waals surface area contributed by atoms with E-state index < -0.39 is 29.3 Å². The second kappa shape index (κ2) is 85.0. The number of hydrogen-bond donors (Lipinski definition) is 12. The molecule has 0 bridgehead atoms. The van der Waals surface area contributed by atoms with E-state index in [1.54, 1.807) is 0 Å². The first-order valence-corrected chi connectivity index (χ1v) is 3.10. The maximum atomic E-state index is 7.17. The van der Waals surface area contributed by atoms with Gasteiger partial charge in [0.15, 0.2) is 0 Å². The molecule has 0 fully saturated rings. The first-order valence-electron chi connectivity index (χ1n) is 3.10. The molecule has 25 heteroatoms. The third kappa shape index (κ3) is 11100. The molecule has 0 unspecified atom stereocenters. The van der Waals surface area contributed by atoms with E-state index in [4.69, 9.17) is 60.3 Å². The van der Waals surface area contributed by atoms with Crippen molar-refractivity contribution < 1.29 is 104 Å². The summed E-state index contributed by atoms with van der Waals surface area (Å²) in [5, 5.41) is 86.0. The van der Waals surface area contributed by atoms with Crippen LogP contribution in [0, 0.1) is 0 Å². The molecule has 0 rings (SSSR count). The molecule has 0 aromatic rings. The molecule has 0 aromatic carbocycles. The van der Waals surface area contributed by atoms with E-state index in [0.717, 1.165) is 0 Å². The minimum absolute atomic E-state index is 0. The number of rotatable bonds is 0. The van der Waals surface area contributed by atoms with Crippen molar-refractivity contribution in [1.82, 2.24) is 0 Å². The van der Waals surface area contributed by atoms with E-state index in [0.29, 0.717) is 0 Å². The predicted molar refractivity (Wildman–Crippen MR) is 85.7 cm³/mol. The van der Waals surface area contributed by atoms with Crippen LogP contribution in [-0.4, -0.2) is 185 Å². The quantitative estimate of drug-likeness (QED) is 0.159. The van der Waals surface area contributed by atoms with Crippen molar-refractivity contribution in [2.45, 2.75) is 0 Å². The van der Waals surface area contributed by atoms with Crippen LogP contribution in [0.3, 0.4) is 0 Å². The van der Waals surface area contributed by atoms with Crippen LogP contribution < -0.4 is 0 Å². The van der Waals surface area contributed by atoms with E-state index in [1.807, 2.05) is 0 Å². The average molecular weight is 432 g/mol. The first-order chi connectivity index (χ1) is 6.93. The molecule has 0 spiro atoms. The predicted octanol–water partition coefficient (Wildman–Crippen LogP) is -15.5. The zero-order chi connectivity index (χ0) is 14.3. The van der Waals surface area contributed by atoms with Gasteiger partial charge in [0.1, 0.15) is 0 Å². The Morgan fingerprint density at radius 2 is 0.240 bits per heavy atom. The topological polar surface area (TPSA) is 495 Å². The molecule has 0 saturated heterocycles. The molecule has 25 heavy (non-hydrogen) atoms. The third-order valence-electron chi connectivity index (χ3n) is 0. The molecule has 0 atom stereocenters. The van der Waals surface area contributed by atoms with Crippen LogP contribution >= 0.6 is 0 Å². The van der Waals surface area contributed by atoms with E-state index >= 15 is 0 Å². The fourth-order valence-corrected chi connectivity index (χ4v) is 0. The Balaban J connectivity index is -0.00000000623. The Kier molecular flexibility index (Phi) is 326. The fourth-order valence-electron chi connectivity index (χ4n) is 0. The second-order valence-electron chi connectivity index (χ2n) is 1.39. The molecule has 162 valence electrons.